The Hall–Kier alpha value is -2.88. The van der Waals surface area contributed by atoms with Crippen LogP contribution in [0.5, 0.6) is 0 Å². The number of ether oxygens (including phenoxy) is 1. The van der Waals surface area contributed by atoms with Crippen LogP contribution >= 0.6 is 0 Å². The highest BCUT2D eigenvalue weighted by molar-refractivity contribution is 6.11. The van der Waals surface area contributed by atoms with Crippen LogP contribution in [-0.2, 0) is 9.53 Å². The van der Waals surface area contributed by atoms with E-state index in [9.17, 15) is 9.59 Å². The third kappa shape index (κ3) is 3.20. The number of fused-ring (bicyclic) bond motifs is 1. The van der Waals surface area contributed by atoms with Crippen molar-refractivity contribution in [1.82, 2.24) is 0 Å². The van der Waals surface area contributed by atoms with Crippen molar-refractivity contribution in [2.45, 2.75) is 26.7 Å². The topological polar surface area (TPSA) is 56.5 Å². The molecule has 0 radical (unpaired) electrons. The van der Waals surface area contributed by atoms with Gasteiger partial charge in [-0.2, -0.15) is 0 Å². The lowest BCUT2D eigenvalue weighted by atomic mass is 9.94. The van der Waals surface area contributed by atoms with Crippen LogP contribution in [0.25, 0.3) is 11.0 Å². The van der Waals surface area contributed by atoms with Gasteiger partial charge in [0.05, 0.1) is 12.5 Å². The second-order valence-corrected chi connectivity index (χ2v) is 6.01. The molecule has 1 atom stereocenters. The number of esters is 1. The number of ketones is 1. The number of para-hydroxylation sites is 1. The molecule has 0 saturated heterocycles. The third-order valence-electron chi connectivity index (χ3n) is 4.23. The Bertz CT molecular complexity index is 919. The van der Waals surface area contributed by atoms with Crippen LogP contribution in [-0.4, -0.2) is 18.4 Å². The maximum Gasteiger partial charge on any atom is 0.313 e. The van der Waals surface area contributed by atoms with Crippen molar-refractivity contribution in [1.29, 1.82) is 0 Å². The van der Waals surface area contributed by atoms with Gasteiger partial charge in [-0.05, 0) is 26.8 Å². The highest BCUT2D eigenvalue weighted by atomic mass is 16.5. The van der Waals surface area contributed by atoms with E-state index in [1.807, 2.05) is 37.3 Å². The van der Waals surface area contributed by atoms with Gasteiger partial charge in [0.15, 0.2) is 5.76 Å². The van der Waals surface area contributed by atoms with E-state index in [0.29, 0.717) is 23.3 Å². The van der Waals surface area contributed by atoms with E-state index in [4.69, 9.17) is 9.15 Å². The summed E-state index contributed by atoms with van der Waals surface area (Å²) >= 11 is 0. The first-order valence-electron chi connectivity index (χ1n) is 8.32. The summed E-state index contributed by atoms with van der Waals surface area (Å²) in [7, 11) is 0. The minimum atomic E-state index is -0.590. The second kappa shape index (κ2) is 6.93. The molecular formula is C21H20O4. The minimum Gasteiger partial charge on any atom is -0.466 e. The predicted octanol–water partition coefficient (Wildman–Crippen LogP) is 4.64. The van der Waals surface area contributed by atoms with Crippen LogP contribution in [0.3, 0.4) is 0 Å². The zero-order valence-corrected chi connectivity index (χ0v) is 14.5. The summed E-state index contributed by atoms with van der Waals surface area (Å²) in [5.41, 5.74) is 2.77. The van der Waals surface area contributed by atoms with Crippen molar-refractivity contribution in [3.63, 3.8) is 0 Å². The molecule has 0 aliphatic carbocycles. The first kappa shape index (κ1) is 17.0. The number of carbonyl (C=O) groups is 2. The molecule has 0 bridgehead atoms. The predicted molar refractivity (Wildman–Crippen MR) is 95.9 cm³/mol. The van der Waals surface area contributed by atoms with Gasteiger partial charge >= 0.3 is 5.97 Å². The summed E-state index contributed by atoms with van der Waals surface area (Å²) in [6.45, 7) is 5.75. The zero-order valence-electron chi connectivity index (χ0n) is 14.5. The lowest BCUT2D eigenvalue weighted by Crippen LogP contribution is -2.15. The van der Waals surface area contributed by atoms with Gasteiger partial charge in [-0.25, -0.2) is 0 Å². The lowest BCUT2D eigenvalue weighted by Gasteiger charge is -2.11. The highest BCUT2D eigenvalue weighted by Gasteiger charge is 2.29. The van der Waals surface area contributed by atoms with Crippen molar-refractivity contribution in [3.05, 3.63) is 71.0 Å². The van der Waals surface area contributed by atoms with E-state index in [0.717, 1.165) is 10.9 Å². The van der Waals surface area contributed by atoms with Crippen LogP contribution in [0.2, 0.25) is 0 Å². The Kier molecular flexibility index (Phi) is 4.70. The number of rotatable bonds is 5. The molecule has 25 heavy (non-hydrogen) atoms. The average molecular weight is 336 g/mol. The quantitative estimate of drug-likeness (QED) is 0.503. The van der Waals surface area contributed by atoms with Gasteiger partial charge in [-0.1, -0.05) is 48.0 Å². The summed E-state index contributed by atoms with van der Waals surface area (Å²) < 4.78 is 11.0. The molecule has 3 rings (SSSR count). The van der Waals surface area contributed by atoms with Crippen LogP contribution in [0, 0.1) is 6.92 Å². The summed E-state index contributed by atoms with van der Waals surface area (Å²) in [6.07, 6.45) is 0. The molecule has 1 aromatic heterocycles. The zero-order chi connectivity index (χ0) is 18.0. The molecule has 0 saturated carbocycles. The molecule has 0 fully saturated rings. The average Bonchev–Trinajstić information content (AvgIpc) is 3.00. The Morgan fingerprint density at radius 3 is 2.44 bits per heavy atom. The van der Waals surface area contributed by atoms with Crippen LogP contribution < -0.4 is 0 Å². The third-order valence-corrected chi connectivity index (χ3v) is 4.23. The number of hydrogen-bond donors (Lipinski definition) is 0. The Labute approximate surface area is 146 Å². The van der Waals surface area contributed by atoms with Crippen molar-refractivity contribution in [2.75, 3.05) is 6.61 Å². The summed E-state index contributed by atoms with van der Waals surface area (Å²) in [6, 6.07) is 14.6. The van der Waals surface area contributed by atoms with Gasteiger partial charge in [-0.3, -0.25) is 9.59 Å². The second-order valence-electron chi connectivity index (χ2n) is 6.01. The number of benzene rings is 2. The Morgan fingerprint density at radius 1 is 1.08 bits per heavy atom. The smallest absolute Gasteiger partial charge is 0.313 e. The maximum absolute atomic E-state index is 13.0. The minimum absolute atomic E-state index is 0.200. The SMILES string of the molecule is CCOC(=O)C(C)c1c(C(=O)c2ccc(C)cc2)oc2ccccc12. The lowest BCUT2D eigenvalue weighted by molar-refractivity contribution is -0.144. The van der Waals surface area contributed by atoms with Crippen LogP contribution in [0.1, 0.15) is 47.0 Å². The maximum atomic E-state index is 13.0. The van der Waals surface area contributed by atoms with Crippen molar-refractivity contribution in [3.8, 4) is 0 Å². The molecule has 128 valence electrons. The van der Waals surface area contributed by atoms with Gasteiger partial charge in [0.25, 0.3) is 0 Å². The van der Waals surface area contributed by atoms with Crippen molar-refractivity contribution >= 4 is 22.7 Å². The van der Waals surface area contributed by atoms with E-state index in [1.165, 1.54) is 0 Å². The Morgan fingerprint density at radius 2 is 1.76 bits per heavy atom. The van der Waals surface area contributed by atoms with Crippen LogP contribution in [0.15, 0.2) is 52.9 Å². The molecule has 0 spiro atoms. The monoisotopic (exact) mass is 336 g/mol. The highest BCUT2D eigenvalue weighted by Crippen LogP contribution is 2.34. The normalized spacial score (nSPS) is 12.1. The number of hydrogen-bond acceptors (Lipinski definition) is 4. The van der Waals surface area contributed by atoms with Gasteiger partial charge in [-0.15, -0.1) is 0 Å². The molecule has 3 aromatic rings. The first-order chi connectivity index (χ1) is 12.0. The van der Waals surface area contributed by atoms with Crippen molar-refractivity contribution < 1.29 is 18.7 Å². The summed E-state index contributed by atoms with van der Waals surface area (Å²) in [5.74, 6) is -0.993. The van der Waals surface area contributed by atoms with E-state index >= 15 is 0 Å². The van der Waals surface area contributed by atoms with Gasteiger partial charge in [0, 0.05) is 16.5 Å². The largest absolute Gasteiger partial charge is 0.466 e. The van der Waals surface area contributed by atoms with E-state index in [-0.39, 0.29) is 17.5 Å². The Balaban J connectivity index is 2.14. The molecule has 4 heteroatoms. The fourth-order valence-corrected chi connectivity index (χ4v) is 2.89. The van der Waals surface area contributed by atoms with Crippen molar-refractivity contribution in [2.24, 2.45) is 0 Å². The van der Waals surface area contributed by atoms with Gasteiger partial charge in [0.1, 0.15) is 5.58 Å². The number of aryl methyl sites for hydroxylation is 1. The molecular weight excluding hydrogens is 316 g/mol. The molecule has 0 amide bonds. The fraction of sp³-hybridized carbons (Fsp3) is 0.238. The van der Waals surface area contributed by atoms with Gasteiger partial charge in [0.2, 0.25) is 5.78 Å². The fourth-order valence-electron chi connectivity index (χ4n) is 2.89. The number of carbonyl (C=O) groups excluding carboxylic acids is 2. The van der Waals surface area contributed by atoms with E-state index in [1.54, 1.807) is 32.0 Å². The van der Waals surface area contributed by atoms with Crippen LogP contribution in [0.4, 0.5) is 0 Å². The molecule has 0 aliphatic rings. The van der Waals surface area contributed by atoms with E-state index < -0.39 is 5.92 Å². The molecule has 1 unspecified atom stereocenters. The summed E-state index contributed by atoms with van der Waals surface area (Å²) in [4.78, 5) is 25.3. The molecule has 1 heterocycles. The molecule has 4 nitrogen and oxygen atoms in total. The van der Waals surface area contributed by atoms with Gasteiger partial charge < -0.3 is 9.15 Å². The molecule has 0 aliphatic heterocycles. The molecule has 0 N–H and O–H groups in total. The standard InChI is InChI=1S/C21H20O4/c1-4-24-21(23)14(3)18-16-7-5-6-8-17(16)25-20(18)19(22)15-11-9-13(2)10-12-15/h5-12,14H,4H2,1-3H3. The van der Waals surface area contributed by atoms with E-state index in [2.05, 4.69) is 0 Å². The molecule has 2 aromatic carbocycles. The number of furan rings is 1. The first-order valence-corrected chi connectivity index (χ1v) is 8.32. The summed E-state index contributed by atoms with van der Waals surface area (Å²) in [5, 5.41) is 0.763.